The third-order valence-electron chi connectivity index (χ3n) is 6.76. The fraction of sp³-hybridized carbons (Fsp3) is 0.360. The van der Waals surface area contributed by atoms with Gasteiger partial charge in [0.1, 0.15) is 0 Å². The van der Waals surface area contributed by atoms with Crippen LogP contribution in [0.15, 0.2) is 42.9 Å². The van der Waals surface area contributed by atoms with Crippen LogP contribution in [0.2, 0.25) is 0 Å². The lowest BCUT2D eigenvalue weighted by molar-refractivity contribution is 0.0572. The Kier molecular flexibility index (Phi) is 5.36. The van der Waals surface area contributed by atoms with Crippen LogP contribution in [0, 0.1) is 12.8 Å². The number of Topliss-reactive ketones (excluding diaryl/α,β-unsaturated/α-hetero) is 1. The molecule has 0 amide bonds. The van der Waals surface area contributed by atoms with Crippen molar-refractivity contribution in [2.75, 3.05) is 18.4 Å². The number of nitrogens with zero attached hydrogens (tertiary/aromatic N) is 5. The highest BCUT2D eigenvalue weighted by molar-refractivity contribution is 6.10. The molecule has 10 heteroatoms. The van der Waals surface area contributed by atoms with Gasteiger partial charge in [0.15, 0.2) is 11.6 Å². The standard InChI is InChI=1S/C25H27N7O3/c1-14-16(10-31-12-21(33)22(34)13-31)11-32(30-14)23-6-7-26-25(29-23)28-17-4-5-20-18(8-17)19(9-27-20)24(35)15-2-3-15/h4-9,11,15,21-22,27,33-34H,2-3,10,12-13H2,1H3,(H,26,28,29). The van der Waals surface area contributed by atoms with Crippen molar-refractivity contribution in [3.63, 3.8) is 0 Å². The van der Waals surface area contributed by atoms with Gasteiger partial charge < -0.3 is 20.5 Å². The molecule has 1 saturated carbocycles. The van der Waals surface area contributed by atoms with E-state index in [2.05, 4.69) is 25.4 Å². The molecule has 1 aromatic carbocycles. The number of hydrogen-bond acceptors (Lipinski definition) is 8. The molecule has 2 fully saturated rings. The van der Waals surface area contributed by atoms with E-state index >= 15 is 0 Å². The molecule has 180 valence electrons. The highest BCUT2D eigenvalue weighted by atomic mass is 16.3. The summed E-state index contributed by atoms with van der Waals surface area (Å²) in [5.41, 5.74) is 4.32. The van der Waals surface area contributed by atoms with Crippen molar-refractivity contribution in [3.8, 4) is 5.82 Å². The van der Waals surface area contributed by atoms with Gasteiger partial charge in [-0.25, -0.2) is 9.67 Å². The van der Waals surface area contributed by atoms with E-state index in [0.29, 0.717) is 31.4 Å². The van der Waals surface area contributed by atoms with Gasteiger partial charge in [0.25, 0.3) is 0 Å². The molecule has 4 N–H and O–H groups in total. The molecule has 1 saturated heterocycles. The molecule has 1 aliphatic carbocycles. The van der Waals surface area contributed by atoms with E-state index < -0.39 is 12.2 Å². The predicted molar refractivity (Wildman–Crippen MR) is 130 cm³/mol. The lowest BCUT2D eigenvalue weighted by Crippen LogP contribution is -2.22. The number of ketones is 1. The number of nitrogens with one attached hydrogen (secondary N) is 2. The first-order valence-corrected chi connectivity index (χ1v) is 11.8. The smallest absolute Gasteiger partial charge is 0.229 e. The Labute approximate surface area is 201 Å². The number of β-amino-alcohol motifs (C(OH)–C–C–N with tert-alkyl or cyclic N) is 2. The van der Waals surface area contributed by atoms with Crippen LogP contribution in [0.25, 0.3) is 16.7 Å². The molecule has 1 aliphatic heterocycles. The summed E-state index contributed by atoms with van der Waals surface area (Å²) < 4.78 is 1.71. The van der Waals surface area contributed by atoms with Crippen LogP contribution < -0.4 is 5.32 Å². The Balaban J connectivity index is 1.21. The van der Waals surface area contributed by atoms with Gasteiger partial charge in [-0.15, -0.1) is 0 Å². The lowest BCUT2D eigenvalue weighted by Gasteiger charge is -2.13. The van der Waals surface area contributed by atoms with E-state index in [4.69, 9.17) is 0 Å². The number of benzene rings is 1. The van der Waals surface area contributed by atoms with Crippen molar-refractivity contribution in [1.82, 2.24) is 29.6 Å². The molecule has 4 aromatic rings. The van der Waals surface area contributed by atoms with E-state index in [1.165, 1.54) is 0 Å². The topological polar surface area (TPSA) is 132 Å². The maximum atomic E-state index is 12.6. The van der Waals surface area contributed by atoms with E-state index in [1.807, 2.05) is 36.2 Å². The van der Waals surface area contributed by atoms with Crippen molar-refractivity contribution in [2.24, 2.45) is 5.92 Å². The number of fused-ring (bicyclic) bond motifs is 1. The number of aromatic nitrogens is 5. The largest absolute Gasteiger partial charge is 0.389 e. The minimum absolute atomic E-state index is 0.161. The van der Waals surface area contributed by atoms with E-state index in [1.54, 1.807) is 23.1 Å². The van der Waals surface area contributed by atoms with Gasteiger partial charge in [0.05, 0.1) is 17.9 Å². The predicted octanol–water partition coefficient (Wildman–Crippen LogP) is 2.33. The minimum atomic E-state index is -0.714. The van der Waals surface area contributed by atoms with E-state index in [-0.39, 0.29) is 11.7 Å². The Bertz CT molecular complexity index is 1400. The van der Waals surface area contributed by atoms with Crippen LogP contribution in [0.5, 0.6) is 0 Å². The van der Waals surface area contributed by atoms with Gasteiger partial charge >= 0.3 is 0 Å². The number of rotatable bonds is 7. The van der Waals surface area contributed by atoms with Crippen molar-refractivity contribution < 1.29 is 15.0 Å². The molecule has 10 nitrogen and oxygen atoms in total. The molecule has 0 radical (unpaired) electrons. The molecule has 0 spiro atoms. The number of hydrogen-bond donors (Lipinski definition) is 4. The molecule has 6 rings (SSSR count). The monoisotopic (exact) mass is 473 g/mol. The number of carbonyl (C=O) groups is 1. The molecule has 3 aromatic heterocycles. The quantitative estimate of drug-likeness (QED) is 0.301. The van der Waals surface area contributed by atoms with Gasteiger partial charge in [0.2, 0.25) is 5.95 Å². The first-order valence-electron chi connectivity index (χ1n) is 11.8. The van der Waals surface area contributed by atoms with Crippen molar-refractivity contribution in [2.45, 2.75) is 38.5 Å². The Morgan fingerprint density at radius 2 is 2.00 bits per heavy atom. The zero-order valence-electron chi connectivity index (χ0n) is 19.3. The van der Waals surface area contributed by atoms with Crippen LogP contribution in [-0.4, -0.2) is 70.9 Å². The van der Waals surface area contributed by atoms with Gasteiger partial charge in [0, 0.05) is 77.9 Å². The average molecular weight is 474 g/mol. The highest BCUT2D eigenvalue weighted by Gasteiger charge is 2.32. The van der Waals surface area contributed by atoms with Crippen molar-refractivity contribution in [1.29, 1.82) is 0 Å². The number of aromatic amines is 1. The number of carbonyl (C=O) groups excluding carboxylic acids is 1. The summed E-state index contributed by atoms with van der Waals surface area (Å²) in [6.07, 6.45) is 5.91. The van der Waals surface area contributed by atoms with Crippen LogP contribution in [0.3, 0.4) is 0 Å². The zero-order valence-corrected chi connectivity index (χ0v) is 19.3. The van der Waals surface area contributed by atoms with Crippen LogP contribution >= 0.6 is 0 Å². The molecule has 35 heavy (non-hydrogen) atoms. The summed E-state index contributed by atoms with van der Waals surface area (Å²) in [5.74, 6) is 1.40. The minimum Gasteiger partial charge on any atom is -0.389 e. The molecular weight excluding hydrogens is 446 g/mol. The van der Waals surface area contributed by atoms with Crippen molar-refractivity contribution >= 4 is 28.3 Å². The SMILES string of the molecule is Cc1nn(-c2ccnc(Nc3ccc4[nH]cc(C(=O)C5CC5)c4c3)n2)cc1CN1CC(O)C(O)C1. The molecule has 2 atom stereocenters. The Hall–Kier alpha value is -3.60. The molecular formula is C25H27N7O3. The second-order valence-corrected chi connectivity index (χ2v) is 9.48. The maximum absolute atomic E-state index is 12.6. The van der Waals surface area contributed by atoms with E-state index in [0.717, 1.165) is 46.3 Å². The zero-order chi connectivity index (χ0) is 24.1. The molecule has 0 bridgehead atoms. The first-order chi connectivity index (χ1) is 16.9. The van der Waals surface area contributed by atoms with Gasteiger partial charge in [-0.2, -0.15) is 10.1 Å². The molecule has 2 aliphatic rings. The Morgan fingerprint density at radius 3 is 2.77 bits per heavy atom. The van der Waals surface area contributed by atoms with Gasteiger partial charge in [-0.05, 0) is 38.0 Å². The highest BCUT2D eigenvalue weighted by Crippen LogP contribution is 2.35. The maximum Gasteiger partial charge on any atom is 0.229 e. The summed E-state index contributed by atoms with van der Waals surface area (Å²) in [6, 6.07) is 7.61. The first kappa shape index (κ1) is 21.9. The number of aliphatic hydroxyl groups is 2. The second-order valence-electron chi connectivity index (χ2n) is 9.48. The molecule has 4 heterocycles. The normalized spacial score (nSPS) is 20.5. The fourth-order valence-electron chi connectivity index (χ4n) is 4.62. The summed E-state index contributed by atoms with van der Waals surface area (Å²) in [6.45, 7) is 3.40. The van der Waals surface area contributed by atoms with Crippen molar-refractivity contribution in [3.05, 3.63) is 59.7 Å². The number of anilines is 2. The summed E-state index contributed by atoms with van der Waals surface area (Å²) in [5, 5.41) is 28.4. The number of H-pyrrole nitrogens is 1. The number of likely N-dealkylation sites (tertiary alicyclic amines) is 1. The molecule has 2 unspecified atom stereocenters. The average Bonchev–Trinajstić information content (AvgIpc) is 3.41. The van der Waals surface area contributed by atoms with Gasteiger partial charge in [-0.3, -0.25) is 9.69 Å². The number of aliphatic hydroxyl groups excluding tert-OH is 2. The number of aryl methyl sites for hydroxylation is 1. The fourth-order valence-corrected chi connectivity index (χ4v) is 4.62. The van der Waals surface area contributed by atoms with Crippen LogP contribution in [-0.2, 0) is 6.54 Å². The summed E-state index contributed by atoms with van der Waals surface area (Å²) in [7, 11) is 0. The Morgan fingerprint density at radius 1 is 1.20 bits per heavy atom. The summed E-state index contributed by atoms with van der Waals surface area (Å²) >= 11 is 0. The van der Waals surface area contributed by atoms with Gasteiger partial charge in [-0.1, -0.05) is 0 Å². The van der Waals surface area contributed by atoms with Crippen LogP contribution in [0.4, 0.5) is 11.6 Å². The third kappa shape index (κ3) is 4.31. The lowest BCUT2D eigenvalue weighted by atomic mass is 10.1. The van der Waals surface area contributed by atoms with E-state index in [9.17, 15) is 15.0 Å². The summed E-state index contributed by atoms with van der Waals surface area (Å²) in [4.78, 5) is 26.8. The third-order valence-corrected chi connectivity index (χ3v) is 6.76. The van der Waals surface area contributed by atoms with Crippen LogP contribution in [0.1, 0.15) is 34.5 Å². The second kappa shape index (κ2) is 8.56.